The molecule has 2 atom stereocenters. The number of rotatable bonds is 8. The number of aliphatic carboxylic acids is 1. The Kier molecular flexibility index (Phi) is 5.04. The van der Waals surface area contributed by atoms with Gasteiger partial charge in [0.1, 0.15) is 0 Å². The van der Waals surface area contributed by atoms with Crippen LogP contribution in [-0.4, -0.2) is 29.1 Å². The highest BCUT2D eigenvalue weighted by Gasteiger charge is 2.45. The minimum absolute atomic E-state index is 0.252. The summed E-state index contributed by atoms with van der Waals surface area (Å²) < 4.78 is 0. The molecule has 2 unspecified atom stereocenters. The molecule has 22 heavy (non-hydrogen) atoms. The summed E-state index contributed by atoms with van der Waals surface area (Å²) in [6.45, 7) is 2.82. The summed E-state index contributed by atoms with van der Waals surface area (Å²) >= 11 is 6.07. The Balaban J connectivity index is 1.55. The number of halogens is 1. The Morgan fingerprint density at radius 1 is 1.27 bits per heavy atom. The van der Waals surface area contributed by atoms with Crippen LogP contribution >= 0.6 is 11.6 Å². The number of fused-ring (bicyclic) bond motifs is 1. The van der Waals surface area contributed by atoms with Gasteiger partial charge in [0.25, 0.3) is 0 Å². The molecule has 0 aliphatic heterocycles. The maximum Gasteiger partial charge on any atom is 0.303 e. The topological polar surface area (TPSA) is 40.5 Å². The Morgan fingerprint density at radius 2 is 2.05 bits per heavy atom. The zero-order chi connectivity index (χ0) is 15.5. The van der Waals surface area contributed by atoms with E-state index in [0.717, 1.165) is 48.8 Å². The summed E-state index contributed by atoms with van der Waals surface area (Å²) in [5.74, 6) is 2.09. The SMILES string of the molecule is O=C(O)CCCN(Cc1cccc(Cl)c1)CC1CC2CC2C1. The van der Waals surface area contributed by atoms with Gasteiger partial charge < -0.3 is 5.11 Å². The molecule has 0 bridgehead atoms. The van der Waals surface area contributed by atoms with Crippen molar-refractivity contribution in [2.24, 2.45) is 17.8 Å². The van der Waals surface area contributed by atoms with Crippen molar-refractivity contribution < 1.29 is 9.90 Å². The summed E-state index contributed by atoms with van der Waals surface area (Å²) in [7, 11) is 0. The number of nitrogens with zero attached hydrogens (tertiary/aromatic N) is 1. The summed E-state index contributed by atoms with van der Waals surface area (Å²) in [6, 6.07) is 7.99. The molecule has 2 aliphatic carbocycles. The van der Waals surface area contributed by atoms with E-state index in [-0.39, 0.29) is 6.42 Å². The number of hydrogen-bond acceptors (Lipinski definition) is 2. The summed E-state index contributed by atoms with van der Waals surface area (Å²) in [5, 5.41) is 9.61. The molecule has 0 spiro atoms. The Labute approximate surface area is 137 Å². The number of carboxylic acid groups (broad SMARTS) is 1. The fourth-order valence-electron chi connectivity index (χ4n) is 3.94. The van der Waals surface area contributed by atoms with Crippen molar-refractivity contribution in [1.29, 1.82) is 0 Å². The maximum atomic E-state index is 10.7. The molecule has 0 amide bonds. The summed E-state index contributed by atoms with van der Waals surface area (Å²) in [5.41, 5.74) is 1.21. The van der Waals surface area contributed by atoms with Crippen LogP contribution in [0.1, 0.15) is 37.7 Å². The summed E-state index contributed by atoms with van der Waals surface area (Å²) in [4.78, 5) is 13.2. The van der Waals surface area contributed by atoms with Gasteiger partial charge in [-0.3, -0.25) is 9.69 Å². The number of carboxylic acids is 1. The van der Waals surface area contributed by atoms with Crippen molar-refractivity contribution in [1.82, 2.24) is 4.90 Å². The lowest BCUT2D eigenvalue weighted by atomic mass is 10.0. The largest absolute Gasteiger partial charge is 0.481 e. The third-order valence-corrected chi connectivity index (χ3v) is 5.25. The normalized spacial score (nSPS) is 26.2. The standard InChI is InChI=1S/C18H24ClNO2/c19-17-4-1-3-13(9-17)11-20(6-2-5-18(21)22)12-14-7-15-10-16(15)8-14/h1,3-4,9,14-16H,2,5-8,10-12H2,(H,21,22). The van der Waals surface area contributed by atoms with Crippen LogP contribution in [0.4, 0.5) is 0 Å². The number of benzene rings is 1. The first-order valence-corrected chi connectivity index (χ1v) is 8.66. The van der Waals surface area contributed by atoms with Gasteiger partial charge in [0.05, 0.1) is 0 Å². The average Bonchev–Trinajstić information content (AvgIpc) is 3.05. The first kappa shape index (κ1) is 15.8. The van der Waals surface area contributed by atoms with Gasteiger partial charge in [-0.25, -0.2) is 0 Å². The zero-order valence-corrected chi connectivity index (χ0v) is 13.6. The van der Waals surface area contributed by atoms with E-state index in [1.165, 1.54) is 24.8 Å². The summed E-state index contributed by atoms with van der Waals surface area (Å²) in [6.07, 6.45) is 5.16. The minimum atomic E-state index is -0.704. The van der Waals surface area contributed by atoms with Crippen molar-refractivity contribution in [3.63, 3.8) is 0 Å². The first-order valence-electron chi connectivity index (χ1n) is 8.28. The molecule has 3 rings (SSSR count). The molecule has 1 N–H and O–H groups in total. The van der Waals surface area contributed by atoms with Crippen molar-refractivity contribution in [3.05, 3.63) is 34.9 Å². The van der Waals surface area contributed by atoms with E-state index in [0.29, 0.717) is 0 Å². The van der Waals surface area contributed by atoms with Gasteiger partial charge in [0, 0.05) is 24.5 Å². The van der Waals surface area contributed by atoms with Gasteiger partial charge in [-0.2, -0.15) is 0 Å². The van der Waals surface area contributed by atoms with E-state index in [9.17, 15) is 4.79 Å². The number of carbonyl (C=O) groups is 1. The highest BCUT2D eigenvalue weighted by atomic mass is 35.5. The van der Waals surface area contributed by atoms with Crippen LogP contribution in [0.25, 0.3) is 0 Å². The average molecular weight is 322 g/mol. The highest BCUT2D eigenvalue weighted by Crippen LogP contribution is 2.54. The highest BCUT2D eigenvalue weighted by molar-refractivity contribution is 6.30. The van der Waals surface area contributed by atoms with Crippen LogP contribution in [0.2, 0.25) is 5.02 Å². The Bertz CT molecular complexity index is 524. The zero-order valence-electron chi connectivity index (χ0n) is 12.9. The lowest BCUT2D eigenvalue weighted by Gasteiger charge is -2.26. The van der Waals surface area contributed by atoms with Crippen molar-refractivity contribution in [2.75, 3.05) is 13.1 Å². The van der Waals surface area contributed by atoms with E-state index < -0.39 is 5.97 Å². The van der Waals surface area contributed by atoms with E-state index >= 15 is 0 Å². The lowest BCUT2D eigenvalue weighted by molar-refractivity contribution is -0.137. The predicted molar refractivity (Wildman–Crippen MR) is 87.9 cm³/mol. The fourth-order valence-corrected chi connectivity index (χ4v) is 4.15. The van der Waals surface area contributed by atoms with Crippen LogP contribution in [-0.2, 0) is 11.3 Å². The molecule has 120 valence electrons. The van der Waals surface area contributed by atoms with E-state index in [1.54, 1.807) is 0 Å². The second kappa shape index (κ2) is 7.01. The number of hydrogen-bond donors (Lipinski definition) is 1. The lowest BCUT2D eigenvalue weighted by Crippen LogP contribution is -2.30. The molecule has 3 nitrogen and oxygen atoms in total. The van der Waals surface area contributed by atoms with Crippen LogP contribution in [0.3, 0.4) is 0 Å². The molecule has 1 aromatic rings. The second-order valence-corrected chi connectivity index (χ2v) is 7.39. The molecular formula is C18H24ClNO2. The molecule has 2 saturated carbocycles. The molecule has 0 aromatic heterocycles. The molecule has 0 radical (unpaired) electrons. The van der Waals surface area contributed by atoms with E-state index in [1.807, 2.05) is 18.2 Å². The minimum Gasteiger partial charge on any atom is -0.481 e. The van der Waals surface area contributed by atoms with Gasteiger partial charge in [-0.1, -0.05) is 23.7 Å². The fraction of sp³-hybridized carbons (Fsp3) is 0.611. The molecule has 1 aromatic carbocycles. The van der Waals surface area contributed by atoms with Gasteiger partial charge >= 0.3 is 5.97 Å². The Morgan fingerprint density at radius 3 is 2.73 bits per heavy atom. The smallest absolute Gasteiger partial charge is 0.303 e. The third kappa shape index (κ3) is 4.47. The van der Waals surface area contributed by atoms with Crippen molar-refractivity contribution in [2.45, 2.75) is 38.6 Å². The van der Waals surface area contributed by atoms with Crippen molar-refractivity contribution in [3.8, 4) is 0 Å². The molecule has 0 heterocycles. The maximum absolute atomic E-state index is 10.7. The molecular weight excluding hydrogens is 298 g/mol. The van der Waals surface area contributed by atoms with Gasteiger partial charge in [-0.05, 0) is 67.7 Å². The van der Waals surface area contributed by atoms with E-state index in [4.69, 9.17) is 16.7 Å². The first-order chi connectivity index (χ1) is 10.6. The van der Waals surface area contributed by atoms with Crippen LogP contribution in [0, 0.1) is 17.8 Å². The van der Waals surface area contributed by atoms with Crippen LogP contribution in [0.15, 0.2) is 24.3 Å². The predicted octanol–water partition coefficient (Wildman–Crippen LogP) is 4.05. The second-order valence-electron chi connectivity index (χ2n) is 6.96. The van der Waals surface area contributed by atoms with Crippen LogP contribution < -0.4 is 0 Å². The van der Waals surface area contributed by atoms with E-state index in [2.05, 4.69) is 11.0 Å². The molecule has 2 fully saturated rings. The third-order valence-electron chi connectivity index (χ3n) is 5.02. The van der Waals surface area contributed by atoms with Gasteiger partial charge in [0.2, 0.25) is 0 Å². The molecule has 4 heteroatoms. The monoisotopic (exact) mass is 321 g/mol. The van der Waals surface area contributed by atoms with Gasteiger partial charge in [-0.15, -0.1) is 0 Å². The quantitative estimate of drug-likeness (QED) is 0.785. The Hall–Kier alpha value is -1.06. The van der Waals surface area contributed by atoms with Crippen LogP contribution in [0.5, 0.6) is 0 Å². The molecule has 2 aliphatic rings. The van der Waals surface area contributed by atoms with Crippen molar-refractivity contribution >= 4 is 17.6 Å². The molecule has 0 saturated heterocycles. The van der Waals surface area contributed by atoms with Gasteiger partial charge in [0.15, 0.2) is 0 Å².